The van der Waals surface area contributed by atoms with Gasteiger partial charge in [0.05, 0.1) is 0 Å². The van der Waals surface area contributed by atoms with E-state index in [1.54, 1.807) is 11.3 Å². The van der Waals surface area contributed by atoms with Gasteiger partial charge in [-0.1, -0.05) is 17.7 Å². The zero-order valence-electron chi connectivity index (χ0n) is 10.2. The smallest absolute Gasteiger partial charge is 0.0408 e. The summed E-state index contributed by atoms with van der Waals surface area (Å²) >= 11 is 7.79. The van der Waals surface area contributed by atoms with Crippen LogP contribution in [-0.4, -0.2) is 6.54 Å². The number of aryl methyl sites for hydroxylation is 1. The molecule has 0 bridgehead atoms. The standard InChI is InChI=1S/C15H16ClNS/c16-13-2-3-14-12(9-13)1-4-15(14)17-7-5-11-6-8-18-10-11/h2-3,6,8-10,15,17H,1,4-5,7H2. The Morgan fingerprint density at radius 2 is 2.28 bits per heavy atom. The van der Waals surface area contributed by atoms with Crippen LogP contribution in [0.15, 0.2) is 35.0 Å². The Labute approximate surface area is 117 Å². The average molecular weight is 278 g/mol. The van der Waals surface area contributed by atoms with Gasteiger partial charge in [-0.2, -0.15) is 11.3 Å². The fourth-order valence-corrected chi connectivity index (χ4v) is 3.52. The summed E-state index contributed by atoms with van der Waals surface area (Å²) in [4.78, 5) is 0. The summed E-state index contributed by atoms with van der Waals surface area (Å²) in [5.41, 5.74) is 4.28. The molecule has 3 rings (SSSR count). The first-order chi connectivity index (χ1) is 8.83. The highest BCUT2D eigenvalue weighted by molar-refractivity contribution is 7.07. The van der Waals surface area contributed by atoms with Gasteiger partial charge in [-0.3, -0.25) is 0 Å². The number of rotatable bonds is 4. The monoisotopic (exact) mass is 277 g/mol. The van der Waals surface area contributed by atoms with Gasteiger partial charge in [0, 0.05) is 11.1 Å². The van der Waals surface area contributed by atoms with Gasteiger partial charge >= 0.3 is 0 Å². The van der Waals surface area contributed by atoms with Crippen molar-refractivity contribution in [1.29, 1.82) is 0 Å². The van der Waals surface area contributed by atoms with Crippen LogP contribution in [0.25, 0.3) is 0 Å². The van der Waals surface area contributed by atoms with E-state index in [0.717, 1.165) is 24.4 Å². The predicted molar refractivity (Wildman–Crippen MR) is 78.5 cm³/mol. The minimum atomic E-state index is 0.510. The lowest BCUT2D eigenvalue weighted by Gasteiger charge is -2.13. The van der Waals surface area contributed by atoms with Crippen LogP contribution in [0.5, 0.6) is 0 Å². The Morgan fingerprint density at radius 1 is 1.33 bits per heavy atom. The lowest BCUT2D eigenvalue weighted by molar-refractivity contribution is 0.534. The third kappa shape index (κ3) is 2.61. The topological polar surface area (TPSA) is 12.0 Å². The Balaban J connectivity index is 1.59. The van der Waals surface area contributed by atoms with Crippen molar-refractivity contribution in [2.75, 3.05) is 6.54 Å². The molecule has 1 aromatic heterocycles. The summed E-state index contributed by atoms with van der Waals surface area (Å²) in [7, 11) is 0. The molecule has 0 spiro atoms. The summed E-state index contributed by atoms with van der Waals surface area (Å²) < 4.78 is 0. The summed E-state index contributed by atoms with van der Waals surface area (Å²) in [6.07, 6.45) is 3.45. The van der Waals surface area contributed by atoms with Crippen molar-refractivity contribution in [3.8, 4) is 0 Å². The van der Waals surface area contributed by atoms with E-state index >= 15 is 0 Å². The second-order valence-electron chi connectivity index (χ2n) is 4.77. The number of thiophene rings is 1. The Bertz CT molecular complexity index is 521. The van der Waals surface area contributed by atoms with E-state index in [-0.39, 0.29) is 0 Å². The molecule has 0 fully saturated rings. The Morgan fingerprint density at radius 3 is 3.11 bits per heavy atom. The molecular weight excluding hydrogens is 262 g/mol. The minimum absolute atomic E-state index is 0.510. The molecule has 1 aromatic carbocycles. The Hall–Kier alpha value is -0.830. The third-order valence-corrected chi connectivity index (χ3v) is 4.53. The molecule has 0 aliphatic heterocycles. The maximum atomic E-state index is 6.02. The first-order valence-electron chi connectivity index (χ1n) is 6.36. The summed E-state index contributed by atoms with van der Waals surface area (Å²) in [5.74, 6) is 0. The molecule has 18 heavy (non-hydrogen) atoms. The molecule has 1 atom stereocenters. The molecule has 94 valence electrons. The number of fused-ring (bicyclic) bond motifs is 1. The van der Waals surface area contributed by atoms with Crippen LogP contribution in [0, 0.1) is 0 Å². The van der Waals surface area contributed by atoms with Crippen LogP contribution in [0.3, 0.4) is 0 Å². The van der Waals surface area contributed by atoms with Crippen molar-refractivity contribution in [2.24, 2.45) is 0 Å². The molecule has 1 heterocycles. The van der Waals surface area contributed by atoms with Gasteiger partial charge in [0.25, 0.3) is 0 Å². The van der Waals surface area contributed by atoms with Crippen molar-refractivity contribution in [1.82, 2.24) is 5.32 Å². The maximum absolute atomic E-state index is 6.02. The molecule has 0 saturated carbocycles. The van der Waals surface area contributed by atoms with E-state index in [9.17, 15) is 0 Å². The van der Waals surface area contributed by atoms with Gasteiger partial charge in [0.2, 0.25) is 0 Å². The second-order valence-corrected chi connectivity index (χ2v) is 5.99. The van der Waals surface area contributed by atoms with E-state index in [2.05, 4.69) is 34.3 Å². The van der Waals surface area contributed by atoms with Gasteiger partial charge in [0.15, 0.2) is 0 Å². The van der Waals surface area contributed by atoms with E-state index in [1.807, 2.05) is 6.07 Å². The first kappa shape index (κ1) is 12.2. The summed E-state index contributed by atoms with van der Waals surface area (Å²) in [5, 5.41) is 8.88. The van der Waals surface area contributed by atoms with E-state index in [1.165, 1.54) is 23.1 Å². The van der Waals surface area contributed by atoms with Crippen molar-refractivity contribution < 1.29 is 0 Å². The number of hydrogen-bond acceptors (Lipinski definition) is 2. The third-order valence-electron chi connectivity index (χ3n) is 3.57. The molecule has 0 saturated heterocycles. The van der Waals surface area contributed by atoms with Crippen molar-refractivity contribution >= 4 is 22.9 Å². The zero-order chi connectivity index (χ0) is 12.4. The zero-order valence-corrected chi connectivity index (χ0v) is 11.7. The number of hydrogen-bond donors (Lipinski definition) is 1. The Kier molecular flexibility index (Phi) is 3.69. The molecule has 1 unspecified atom stereocenters. The van der Waals surface area contributed by atoms with Gasteiger partial charge in [0.1, 0.15) is 0 Å². The van der Waals surface area contributed by atoms with Gasteiger partial charge in [-0.25, -0.2) is 0 Å². The van der Waals surface area contributed by atoms with Gasteiger partial charge in [-0.05, 0) is 71.5 Å². The van der Waals surface area contributed by atoms with E-state index < -0.39 is 0 Å². The van der Waals surface area contributed by atoms with Gasteiger partial charge in [-0.15, -0.1) is 0 Å². The highest BCUT2D eigenvalue weighted by atomic mass is 35.5. The molecule has 1 nitrogen and oxygen atoms in total. The van der Waals surface area contributed by atoms with Crippen LogP contribution in [0.2, 0.25) is 5.02 Å². The predicted octanol–water partition coefficient (Wildman–Crippen LogP) is 4.22. The molecular formula is C15H16ClNS. The number of benzene rings is 1. The fraction of sp³-hybridized carbons (Fsp3) is 0.333. The van der Waals surface area contributed by atoms with E-state index in [4.69, 9.17) is 11.6 Å². The minimum Gasteiger partial charge on any atom is -0.310 e. The molecule has 1 aliphatic rings. The number of halogens is 1. The average Bonchev–Trinajstić information content (AvgIpc) is 2.99. The molecule has 1 N–H and O–H groups in total. The largest absolute Gasteiger partial charge is 0.310 e. The molecule has 2 aromatic rings. The highest BCUT2D eigenvalue weighted by Gasteiger charge is 2.21. The highest BCUT2D eigenvalue weighted by Crippen LogP contribution is 2.32. The van der Waals surface area contributed by atoms with Gasteiger partial charge < -0.3 is 5.32 Å². The first-order valence-corrected chi connectivity index (χ1v) is 7.68. The van der Waals surface area contributed by atoms with Crippen LogP contribution < -0.4 is 5.32 Å². The number of nitrogens with one attached hydrogen (secondary N) is 1. The van der Waals surface area contributed by atoms with Crippen LogP contribution in [0.1, 0.15) is 29.2 Å². The van der Waals surface area contributed by atoms with Crippen LogP contribution in [0.4, 0.5) is 0 Å². The molecule has 3 heteroatoms. The van der Waals surface area contributed by atoms with Crippen LogP contribution >= 0.6 is 22.9 Å². The van der Waals surface area contributed by atoms with Crippen molar-refractivity contribution in [2.45, 2.75) is 25.3 Å². The molecule has 0 amide bonds. The van der Waals surface area contributed by atoms with Crippen molar-refractivity contribution in [3.05, 3.63) is 56.7 Å². The normalized spacial score (nSPS) is 17.9. The SMILES string of the molecule is Clc1ccc2c(c1)CCC2NCCc1ccsc1. The summed E-state index contributed by atoms with van der Waals surface area (Å²) in [6.45, 7) is 1.05. The maximum Gasteiger partial charge on any atom is 0.0408 e. The quantitative estimate of drug-likeness (QED) is 0.882. The second kappa shape index (κ2) is 5.43. The fourth-order valence-electron chi connectivity index (χ4n) is 2.62. The van der Waals surface area contributed by atoms with Crippen LogP contribution in [-0.2, 0) is 12.8 Å². The summed E-state index contributed by atoms with van der Waals surface area (Å²) in [6, 6.07) is 8.99. The van der Waals surface area contributed by atoms with Crippen molar-refractivity contribution in [3.63, 3.8) is 0 Å². The lowest BCUT2D eigenvalue weighted by Crippen LogP contribution is -2.21. The lowest BCUT2D eigenvalue weighted by atomic mass is 10.1. The molecule has 1 aliphatic carbocycles. The van der Waals surface area contributed by atoms with E-state index in [0.29, 0.717) is 6.04 Å². The molecule has 0 radical (unpaired) electrons.